The maximum Gasteiger partial charge on any atom is 0.573 e. The van der Waals surface area contributed by atoms with Gasteiger partial charge in [-0.25, -0.2) is 9.59 Å². The SMILES string of the molecule is C=CC(=O)OCOc1ccc2cc(-c3ccc(CC)cc3OC(F)(F)F)c(=O)oc2c1. The van der Waals surface area contributed by atoms with E-state index in [0.717, 1.165) is 6.08 Å². The van der Waals surface area contributed by atoms with Crippen LogP contribution in [-0.2, 0) is 16.0 Å². The van der Waals surface area contributed by atoms with Gasteiger partial charge >= 0.3 is 18.0 Å². The third-order valence-corrected chi connectivity index (χ3v) is 4.27. The lowest BCUT2D eigenvalue weighted by Gasteiger charge is -2.14. The van der Waals surface area contributed by atoms with E-state index >= 15 is 0 Å². The van der Waals surface area contributed by atoms with Gasteiger partial charge in [-0.05, 0) is 36.2 Å². The van der Waals surface area contributed by atoms with E-state index in [1.54, 1.807) is 19.1 Å². The molecule has 0 unspecified atom stereocenters. The highest BCUT2D eigenvalue weighted by molar-refractivity contribution is 5.84. The zero-order valence-electron chi connectivity index (χ0n) is 16.3. The maximum absolute atomic E-state index is 12.9. The number of alkyl halides is 3. The highest BCUT2D eigenvalue weighted by atomic mass is 19.4. The minimum atomic E-state index is -4.92. The molecule has 1 aromatic heterocycles. The van der Waals surface area contributed by atoms with Gasteiger partial charge in [-0.3, -0.25) is 0 Å². The van der Waals surface area contributed by atoms with Crippen molar-refractivity contribution in [1.82, 2.24) is 0 Å². The molecule has 3 rings (SSSR count). The molecular formula is C22H17F3O6. The summed E-state index contributed by atoms with van der Waals surface area (Å²) in [5.74, 6) is -0.890. The third-order valence-electron chi connectivity index (χ3n) is 4.27. The Labute approximate surface area is 174 Å². The predicted molar refractivity (Wildman–Crippen MR) is 106 cm³/mol. The van der Waals surface area contributed by atoms with Crippen molar-refractivity contribution < 1.29 is 36.6 Å². The summed E-state index contributed by atoms with van der Waals surface area (Å²) in [4.78, 5) is 23.6. The number of ether oxygens (including phenoxy) is 3. The molecule has 9 heteroatoms. The standard InChI is InChI=1S/C22H17F3O6/c1-3-13-5-8-16(19(9-13)31-22(23,24)25)17-10-14-6-7-15(11-18(14)30-21(17)27)28-12-29-20(26)4-2/h4-11H,2-3,12H2,1H3. The summed E-state index contributed by atoms with van der Waals surface area (Å²) in [5, 5.41) is 0.447. The Bertz CT molecular complexity index is 1180. The summed E-state index contributed by atoms with van der Waals surface area (Å²) in [6.45, 7) is 4.67. The predicted octanol–water partition coefficient (Wildman–Crippen LogP) is 4.99. The lowest BCUT2D eigenvalue weighted by Crippen LogP contribution is -2.18. The Hall–Kier alpha value is -3.75. The third kappa shape index (κ3) is 5.44. The molecule has 0 fully saturated rings. The van der Waals surface area contributed by atoms with E-state index in [1.807, 2.05) is 0 Å². The van der Waals surface area contributed by atoms with Crippen LogP contribution in [0.1, 0.15) is 12.5 Å². The molecule has 2 aromatic carbocycles. The molecule has 31 heavy (non-hydrogen) atoms. The quantitative estimate of drug-likeness (QED) is 0.226. The van der Waals surface area contributed by atoms with Gasteiger partial charge in [0.25, 0.3) is 0 Å². The molecule has 0 aliphatic carbocycles. The van der Waals surface area contributed by atoms with Gasteiger partial charge in [0.1, 0.15) is 17.1 Å². The number of aryl methyl sites for hydroxylation is 1. The second-order valence-electron chi connectivity index (χ2n) is 6.31. The Kier molecular flexibility index (Phi) is 6.33. The maximum atomic E-state index is 12.9. The van der Waals surface area contributed by atoms with Gasteiger partial charge < -0.3 is 18.6 Å². The largest absolute Gasteiger partial charge is 0.573 e. The van der Waals surface area contributed by atoms with Crippen LogP contribution in [0.3, 0.4) is 0 Å². The highest BCUT2D eigenvalue weighted by Gasteiger charge is 2.32. The van der Waals surface area contributed by atoms with E-state index in [2.05, 4.69) is 11.3 Å². The fourth-order valence-corrected chi connectivity index (χ4v) is 2.80. The molecule has 0 radical (unpaired) electrons. The molecular weight excluding hydrogens is 417 g/mol. The van der Waals surface area contributed by atoms with Gasteiger partial charge in [-0.1, -0.05) is 25.6 Å². The lowest BCUT2D eigenvalue weighted by molar-refractivity contribution is -0.274. The number of halogens is 3. The van der Waals surface area contributed by atoms with Gasteiger partial charge in [0.2, 0.25) is 6.79 Å². The van der Waals surface area contributed by atoms with Crippen molar-refractivity contribution >= 4 is 16.9 Å². The minimum absolute atomic E-state index is 0.0400. The Morgan fingerprint density at radius 1 is 1.13 bits per heavy atom. The highest BCUT2D eigenvalue weighted by Crippen LogP contribution is 2.35. The van der Waals surface area contributed by atoms with Crippen LogP contribution in [0.5, 0.6) is 11.5 Å². The number of benzene rings is 2. The molecule has 3 aromatic rings. The summed E-state index contributed by atoms with van der Waals surface area (Å²) in [5.41, 5.74) is -0.208. The average Bonchev–Trinajstić information content (AvgIpc) is 2.72. The number of fused-ring (bicyclic) bond motifs is 1. The molecule has 0 spiro atoms. The molecule has 0 amide bonds. The molecule has 6 nitrogen and oxygen atoms in total. The van der Waals surface area contributed by atoms with Crippen LogP contribution in [0.15, 0.2) is 64.3 Å². The number of carbonyl (C=O) groups is 1. The van der Waals surface area contributed by atoms with Crippen LogP contribution < -0.4 is 15.1 Å². The monoisotopic (exact) mass is 434 g/mol. The topological polar surface area (TPSA) is 75.0 Å². The zero-order valence-corrected chi connectivity index (χ0v) is 16.3. The van der Waals surface area contributed by atoms with Crippen molar-refractivity contribution in [3.8, 4) is 22.6 Å². The number of esters is 1. The summed E-state index contributed by atoms with van der Waals surface area (Å²) < 4.78 is 58.0. The van der Waals surface area contributed by atoms with Crippen molar-refractivity contribution in [2.24, 2.45) is 0 Å². The van der Waals surface area contributed by atoms with Gasteiger partial charge in [-0.15, -0.1) is 13.2 Å². The molecule has 162 valence electrons. The summed E-state index contributed by atoms with van der Waals surface area (Å²) in [6, 6.07) is 10.1. The fraction of sp³-hybridized carbons (Fsp3) is 0.182. The minimum Gasteiger partial charge on any atom is -0.457 e. The normalized spacial score (nSPS) is 11.2. The average molecular weight is 434 g/mol. The first kappa shape index (κ1) is 21.9. The van der Waals surface area contributed by atoms with E-state index in [4.69, 9.17) is 13.9 Å². The fourth-order valence-electron chi connectivity index (χ4n) is 2.80. The molecule has 0 aliphatic rings. The van der Waals surface area contributed by atoms with E-state index in [-0.39, 0.29) is 29.3 Å². The van der Waals surface area contributed by atoms with Crippen LogP contribution in [0.25, 0.3) is 22.1 Å². The zero-order chi connectivity index (χ0) is 22.6. The van der Waals surface area contributed by atoms with E-state index in [9.17, 15) is 22.8 Å². The summed E-state index contributed by atoms with van der Waals surface area (Å²) in [7, 11) is 0. The van der Waals surface area contributed by atoms with Crippen LogP contribution in [0, 0.1) is 0 Å². The van der Waals surface area contributed by atoms with Crippen LogP contribution in [0.2, 0.25) is 0 Å². The van der Waals surface area contributed by atoms with E-state index < -0.39 is 23.7 Å². The van der Waals surface area contributed by atoms with Crippen molar-refractivity contribution in [1.29, 1.82) is 0 Å². The van der Waals surface area contributed by atoms with Crippen molar-refractivity contribution in [2.75, 3.05) is 6.79 Å². The second-order valence-corrected chi connectivity index (χ2v) is 6.31. The Morgan fingerprint density at radius 3 is 2.58 bits per heavy atom. The van der Waals surface area contributed by atoms with Crippen molar-refractivity contribution in [2.45, 2.75) is 19.7 Å². The Balaban J connectivity index is 1.98. The molecule has 0 atom stereocenters. The number of hydrogen-bond donors (Lipinski definition) is 0. The van der Waals surface area contributed by atoms with E-state index in [1.165, 1.54) is 30.3 Å². The molecule has 0 saturated heterocycles. The molecule has 0 saturated carbocycles. The first-order chi connectivity index (χ1) is 14.7. The summed E-state index contributed by atoms with van der Waals surface area (Å²) in [6.07, 6.45) is -3.45. The molecule has 0 bridgehead atoms. The van der Waals surface area contributed by atoms with Crippen molar-refractivity contribution in [3.05, 3.63) is 71.1 Å². The number of carbonyl (C=O) groups excluding carboxylic acids is 1. The van der Waals surface area contributed by atoms with Gasteiger partial charge in [0, 0.05) is 23.1 Å². The van der Waals surface area contributed by atoms with Gasteiger partial charge in [-0.2, -0.15) is 0 Å². The van der Waals surface area contributed by atoms with Crippen LogP contribution in [0.4, 0.5) is 13.2 Å². The van der Waals surface area contributed by atoms with Gasteiger partial charge in [0.15, 0.2) is 0 Å². The van der Waals surface area contributed by atoms with Gasteiger partial charge in [0.05, 0.1) is 5.56 Å². The summed E-state index contributed by atoms with van der Waals surface area (Å²) >= 11 is 0. The van der Waals surface area contributed by atoms with E-state index in [0.29, 0.717) is 17.4 Å². The lowest BCUT2D eigenvalue weighted by atomic mass is 10.0. The molecule has 0 N–H and O–H groups in total. The van der Waals surface area contributed by atoms with Crippen LogP contribution >= 0.6 is 0 Å². The molecule has 0 aliphatic heterocycles. The van der Waals surface area contributed by atoms with Crippen LogP contribution in [-0.4, -0.2) is 19.1 Å². The number of rotatable bonds is 7. The second kappa shape index (κ2) is 8.95. The molecule has 1 heterocycles. The first-order valence-electron chi connectivity index (χ1n) is 9.09. The smallest absolute Gasteiger partial charge is 0.457 e. The number of hydrogen-bond acceptors (Lipinski definition) is 6. The van der Waals surface area contributed by atoms with Crippen molar-refractivity contribution in [3.63, 3.8) is 0 Å². The first-order valence-corrected chi connectivity index (χ1v) is 9.09. The Morgan fingerprint density at radius 2 is 1.90 bits per heavy atom.